The smallest absolute Gasteiger partial charge is 0.101 e. The molecule has 0 saturated carbocycles. The summed E-state index contributed by atoms with van der Waals surface area (Å²) in [5.41, 5.74) is 1.85. The molecule has 0 aliphatic carbocycles. The number of aromatic nitrogens is 2. The number of aromatic amines is 1. The van der Waals surface area contributed by atoms with Crippen LogP contribution in [0, 0.1) is 6.92 Å². The van der Waals surface area contributed by atoms with Gasteiger partial charge < -0.3 is 10.4 Å². The number of hydrogen-bond acceptors (Lipinski definition) is 3. The SMILES string of the molecule is Cc1[nH]ncc1CNCC(C)(O)c1ccccc1Cl. The quantitative estimate of drug-likeness (QED) is 0.787. The molecule has 1 aromatic carbocycles. The predicted molar refractivity (Wildman–Crippen MR) is 76.1 cm³/mol. The van der Waals surface area contributed by atoms with Gasteiger partial charge in [-0.2, -0.15) is 5.10 Å². The van der Waals surface area contributed by atoms with E-state index in [1.165, 1.54) is 0 Å². The Morgan fingerprint density at radius 3 is 2.79 bits per heavy atom. The molecule has 2 rings (SSSR count). The molecule has 0 spiro atoms. The second kappa shape index (κ2) is 5.74. The van der Waals surface area contributed by atoms with E-state index in [1.807, 2.05) is 25.1 Å². The zero-order chi connectivity index (χ0) is 13.9. The standard InChI is InChI=1S/C14H18ClN3O/c1-10-11(8-17-18-10)7-16-9-14(2,19)12-5-3-4-6-13(12)15/h3-6,8,16,19H,7,9H2,1-2H3,(H,17,18). The fourth-order valence-electron chi connectivity index (χ4n) is 1.99. The molecule has 5 heteroatoms. The van der Waals surface area contributed by atoms with Crippen molar-refractivity contribution in [2.45, 2.75) is 26.0 Å². The first kappa shape index (κ1) is 14.1. The van der Waals surface area contributed by atoms with Crippen LogP contribution in [-0.4, -0.2) is 21.8 Å². The van der Waals surface area contributed by atoms with Crippen LogP contribution in [0.3, 0.4) is 0 Å². The Labute approximate surface area is 117 Å². The van der Waals surface area contributed by atoms with E-state index < -0.39 is 5.60 Å². The van der Waals surface area contributed by atoms with Crippen molar-refractivity contribution in [3.63, 3.8) is 0 Å². The van der Waals surface area contributed by atoms with E-state index in [2.05, 4.69) is 15.5 Å². The highest BCUT2D eigenvalue weighted by atomic mass is 35.5. The molecule has 0 bridgehead atoms. The lowest BCUT2D eigenvalue weighted by atomic mass is 9.96. The number of hydrogen-bond donors (Lipinski definition) is 3. The molecule has 19 heavy (non-hydrogen) atoms. The topological polar surface area (TPSA) is 60.9 Å². The molecule has 4 nitrogen and oxygen atoms in total. The van der Waals surface area contributed by atoms with Gasteiger partial charge in [0.05, 0.1) is 6.20 Å². The molecular weight excluding hydrogens is 262 g/mol. The maximum absolute atomic E-state index is 10.5. The van der Waals surface area contributed by atoms with E-state index in [4.69, 9.17) is 11.6 Å². The van der Waals surface area contributed by atoms with E-state index in [9.17, 15) is 5.11 Å². The number of rotatable bonds is 5. The maximum atomic E-state index is 10.5. The van der Waals surface area contributed by atoms with Crippen LogP contribution in [0.15, 0.2) is 30.5 Å². The van der Waals surface area contributed by atoms with Crippen molar-refractivity contribution in [3.8, 4) is 0 Å². The van der Waals surface area contributed by atoms with Crippen LogP contribution in [0.25, 0.3) is 0 Å². The van der Waals surface area contributed by atoms with Crippen molar-refractivity contribution in [2.75, 3.05) is 6.54 Å². The number of nitrogens with zero attached hydrogens (tertiary/aromatic N) is 1. The Balaban J connectivity index is 1.98. The van der Waals surface area contributed by atoms with Gasteiger partial charge in [0.25, 0.3) is 0 Å². The van der Waals surface area contributed by atoms with Gasteiger partial charge in [0.2, 0.25) is 0 Å². The van der Waals surface area contributed by atoms with Crippen LogP contribution in [0.2, 0.25) is 5.02 Å². The first-order valence-corrected chi connectivity index (χ1v) is 6.55. The third-order valence-electron chi connectivity index (χ3n) is 3.17. The second-order valence-electron chi connectivity index (χ2n) is 4.88. The molecule has 0 amide bonds. The number of aryl methyl sites for hydroxylation is 1. The van der Waals surface area contributed by atoms with Gasteiger partial charge in [0.1, 0.15) is 5.60 Å². The summed E-state index contributed by atoms with van der Waals surface area (Å²) in [5.74, 6) is 0. The highest BCUT2D eigenvalue weighted by Crippen LogP contribution is 2.27. The Morgan fingerprint density at radius 1 is 1.42 bits per heavy atom. The molecule has 3 N–H and O–H groups in total. The van der Waals surface area contributed by atoms with Crippen molar-refractivity contribution in [3.05, 3.63) is 52.3 Å². The average molecular weight is 280 g/mol. The van der Waals surface area contributed by atoms with E-state index >= 15 is 0 Å². The van der Waals surface area contributed by atoms with Gasteiger partial charge in [-0.25, -0.2) is 0 Å². The van der Waals surface area contributed by atoms with Crippen molar-refractivity contribution < 1.29 is 5.11 Å². The van der Waals surface area contributed by atoms with Crippen molar-refractivity contribution in [2.24, 2.45) is 0 Å². The summed E-state index contributed by atoms with van der Waals surface area (Å²) >= 11 is 6.11. The molecule has 0 aliphatic heterocycles. The zero-order valence-electron chi connectivity index (χ0n) is 11.1. The van der Waals surface area contributed by atoms with Crippen LogP contribution < -0.4 is 5.32 Å². The molecule has 0 saturated heterocycles. The summed E-state index contributed by atoms with van der Waals surface area (Å²) in [4.78, 5) is 0. The van der Waals surface area contributed by atoms with E-state index in [0.29, 0.717) is 18.1 Å². The minimum Gasteiger partial charge on any atom is -0.384 e. The van der Waals surface area contributed by atoms with Gasteiger partial charge >= 0.3 is 0 Å². The Bertz CT molecular complexity index is 551. The van der Waals surface area contributed by atoms with Gasteiger partial charge in [-0.15, -0.1) is 0 Å². The largest absolute Gasteiger partial charge is 0.384 e. The van der Waals surface area contributed by atoms with Gasteiger partial charge in [0, 0.05) is 34.9 Å². The minimum absolute atomic E-state index is 0.418. The third-order valence-corrected chi connectivity index (χ3v) is 3.50. The Morgan fingerprint density at radius 2 is 2.16 bits per heavy atom. The number of H-pyrrole nitrogens is 1. The molecule has 1 atom stereocenters. The van der Waals surface area contributed by atoms with E-state index in [-0.39, 0.29) is 0 Å². The van der Waals surface area contributed by atoms with Crippen molar-refractivity contribution in [1.82, 2.24) is 15.5 Å². The molecule has 102 valence electrons. The molecular formula is C14H18ClN3O. The minimum atomic E-state index is -1.00. The Hall–Kier alpha value is -1.36. The first-order valence-electron chi connectivity index (χ1n) is 6.17. The van der Waals surface area contributed by atoms with Crippen molar-refractivity contribution >= 4 is 11.6 Å². The highest BCUT2D eigenvalue weighted by molar-refractivity contribution is 6.31. The number of nitrogens with one attached hydrogen (secondary N) is 2. The maximum Gasteiger partial charge on any atom is 0.101 e. The molecule has 0 radical (unpaired) electrons. The van der Waals surface area contributed by atoms with Crippen LogP contribution in [0.5, 0.6) is 0 Å². The fourth-order valence-corrected chi connectivity index (χ4v) is 2.33. The van der Waals surface area contributed by atoms with Crippen molar-refractivity contribution in [1.29, 1.82) is 0 Å². The first-order chi connectivity index (χ1) is 9.00. The third kappa shape index (κ3) is 3.35. The second-order valence-corrected chi connectivity index (χ2v) is 5.28. The van der Waals surface area contributed by atoms with Crippen LogP contribution in [-0.2, 0) is 12.1 Å². The average Bonchev–Trinajstić information content (AvgIpc) is 2.75. The fraction of sp³-hybridized carbons (Fsp3) is 0.357. The van der Waals surface area contributed by atoms with Gasteiger partial charge in [-0.3, -0.25) is 5.10 Å². The van der Waals surface area contributed by atoms with Gasteiger partial charge in [-0.05, 0) is 19.9 Å². The summed E-state index contributed by atoms with van der Waals surface area (Å²) in [5, 5.41) is 21.1. The normalized spacial score (nSPS) is 14.3. The lowest BCUT2D eigenvalue weighted by Crippen LogP contribution is -2.35. The summed E-state index contributed by atoms with van der Waals surface area (Å²) in [6.07, 6.45) is 1.78. The van der Waals surface area contributed by atoms with Crippen LogP contribution >= 0.6 is 11.6 Å². The zero-order valence-corrected chi connectivity index (χ0v) is 11.8. The monoisotopic (exact) mass is 279 g/mol. The van der Waals surface area contributed by atoms with Gasteiger partial charge in [0.15, 0.2) is 0 Å². The summed E-state index contributed by atoms with van der Waals surface area (Å²) in [6, 6.07) is 7.35. The summed E-state index contributed by atoms with van der Waals surface area (Å²) < 4.78 is 0. The molecule has 2 aromatic rings. The van der Waals surface area contributed by atoms with Gasteiger partial charge in [-0.1, -0.05) is 29.8 Å². The summed E-state index contributed by atoms with van der Waals surface area (Å²) in [6.45, 7) is 4.80. The molecule has 1 heterocycles. The van der Waals surface area contributed by atoms with E-state index in [1.54, 1.807) is 19.2 Å². The number of benzene rings is 1. The van der Waals surface area contributed by atoms with Crippen LogP contribution in [0.4, 0.5) is 0 Å². The molecule has 1 unspecified atom stereocenters. The van der Waals surface area contributed by atoms with Crippen LogP contribution in [0.1, 0.15) is 23.7 Å². The number of halogens is 1. The highest BCUT2D eigenvalue weighted by Gasteiger charge is 2.24. The number of aliphatic hydroxyl groups is 1. The lowest BCUT2D eigenvalue weighted by molar-refractivity contribution is 0.0567. The molecule has 0 fully saturated rings. The summed E-state index contributed by atoms with van der Waals surface area (Å²) in [7, 11) is 0. The Kier molecular flexibility index (Phi) is 4.24. The molecule has 0 aliphatic rings. The lowest BCUT2D eigenvalue weighted by Gasteiger charge is -2.25. The predicted octanol–water partition coefficient (Wildman–Crippen LogP) is 2.37. The molecule has 1 aromatic heterocycles. The van der Waals surface area contributed by atoms with E-state index in [0.717, 1.165) is 16.8 Å².